The van der Waals surface area contributed by atoms with Crippen LogP contribution in [0.1, 0.15) is 18.9 Å². The lowest BCUT2D eigenvalue weighted by atomic mass is 10.2. The van der Waals surface area contributed by atoms with Gasteiger partial charge in [-0.05, 0) is 18.9 Å². The molecular formula is C19H32N4O2. The molecule has 2 rings (SSSR count). The number of ether oxygens (including phenoxy) is 2. The van der Waals surface area contributed by atoms with Gasteiger partial charge in [0.05, 0.1) is 19.8 Å². The van der Waals surface area contributed by atoms with Crippen LogP contribution in [0.3, 0.4) is 0 Å². The molecule has 140 valence electrons. The molecule has 0 bridgehead atoms. The summed E-state index contributed by atoms with van der Waals surface area (Å²) in [5.41, 5.74) is 1.37. The maximum atomic E-state index is 5.46. The van der Waals surface area contributed by atoms with Crippen molar-refractivity contribution >= 4 is 5.96 Å². The molecule has 1 fully saturated rings. The van der Waals surface area contributed by atoms with Crippen LogP contribution >= 0.6 is 0 Å². The second kappa shape index (κ2) is 11.1. The quantitative estimate of drug-likeness (QED) is 0.402. The van der Waals surface area contributed by atoms with E-state index in [1.54, 1.807) is 14.2 Å². The fourth-order valence-electron chi connectivity index (χ4n) is 3.12. The van der Waals surface area contributed by atoms with Gasteiger partial charge in [0, 0.05) is 45.9 Å². The number of nitrogens with zero attached hydrogens (tertiary/aromatic N) is 2. The molecule has 0 radical (unpaired) electrons. The number of nitrogens with one attached hydrogen (secondary N) is 2. The third-order valence-corrected chi connectivity index (χ3v) is 4.47. The van der Waals surface area contributed by atoms with Gasteiger partial charge in [-0.15, -0.1) is 0 Å². The molecule has 25 heavy (non-hydrogen) atoms. The minimum Gasteiger partial charge on any atom is -0.382 e. The second-order valence-electron chi connectivity index (χ2n) is 6.45. The van der Waals surface area contributed by atoms with Crippen LogP contribution in [0.5, 0.6) is 0 Å². The molecule has 0 spiro atoms. The van der Waals surface area contributed by atoms with Crippen LogP contribution in [0.25, 0.3) is 0 Å². The summed E-state index contributed by atoms with van der Waals surface area (Å²) in [7, 11) is 3.48. The number of methoxy groups -OCH3 is 1. The van der Waals surface area contributed by atoms with Gasteiger partial charge in [0.25, 0.3) is 0 Å². The first kappa shape index (κ1) is 19.7. The van der Waals surface area contributed by atoms with E-state index in [0.717, 1.165) is 32.0 Å². The highest BCUT2D eigenvalue weighted by Crippen LogP contribution is 2.20. The van der Waals surface area contributed by atoms with Crippen molar-refractivity contribution in [2.24, 2.45) is 4.99 Å². The minimum atomic E-state index is 0.416. The molecule has 1 aromatic rings. The Bertz CT molecular complexity index is 509. The lowest BCUT2D eigenvalue weighted by Gasteiger charge is -2.21. The Morgan fingerprint density at radius 2 is 2.04 bits per heavy atom. The van der Waals surface area contributed by atoms with Gasteiger partial charge >= 0.3 is 0 Å². The molecule has 0 saturated carbocycles. The van der Waals surface area contributed by atoms with Gasteiger partial charge in [-0.1, -0.05) is 30.3 Å². The summed E-state index contributed by atoms with van der Waals surface area (Å²) >= 11 is 0. The fraction of sp³-hybridized carbons (Fsp3) is 0.632. The number of rotatable bonds is 9. The normalized spacial score (nSPS) is 21.5. The molecule has 1 heterocycles. The summed E-state index contributed by atoms with van der Waals surface area (Å²) in [5.74, 6) is 0.842. The van der Waals surface area contributed by atoms with Gasteiger partial charge in [0.1, 0.15) is 0 Å². The lowest BCUT2D eigenvalue weighted by molar-refractivity contribution is 0.0733. The summed E-state index contributed by atoms with van der Waals surface area (Å²) in [6.45, 7) is 6.96. The Balaban J connectivity index is 1.70. The molecule has 6 heteroatoms. The average molecular weight is 348 g/mol. The summed E-state index contributed by atoms with van der Waals surface area (Å²) in [5, 5.41) is 6.84. The fourth-order valence-corrected chi connectivity index (χ4v) is 3.12. The average Bonchev–Trinajstić information content (AvgIpc) is 2.97. The van der Waals surface area contributed by atoms with Gasteiger partial charge in [-0.3, -0.25) is 9.89 Å². The number of aliphatic imine (C=N–C) groups is 1. The number of hydrogen-bond acceptors (Lipinski definition) is 4. The van der Waals surface area contributed by atoms with E-state index in [1.807, 2.05) is 0 Å². The molecule has 1 aromatic carbocycles. The smallest absolute Gasteiger partial charge is 0.191 e. The predicted octanol–water partition coefficient (Wildman–Crippen LogP) is 1.48. The molecule has 6 nitrogen and oxygen atoms in total. The molecular weight excluding hydrogens is 316 g/mol. The Labute approximate surface area is 151 Å². The molecule has 1 aliphatic heterocycles. The van der Waals surface area contributed by atoms with Gasteiger partial charge < -0.3 is 20.1 Å². The summed E-state index contributed by atoms with van der Waals surface area (Å²) in [4.78, 5) is 6.84. The Morgan fingerprint density at radius 3 is 2.76 bits per heavy atom. The zero-order valence-electron chi connectivity index (χ0n) is 15.7. The minimum absolute atomic E-state index is 0.416. The maximum absolute atomic E-state index is 5.46. The van der Waals surface area contributed by atoms with Crippen LogP contribution in [0.15, 0.2) is 35.3 Å². The van der Waals surface area contributed by atoms with Crippen LogP contribution in [-0.2, 0) is 16.0 Å². The first-order valence-electron chi connectivity index (χ1n) is 9.04. The molecule has 2 N–H and O–H groups in total. The molecule has 0 amide bonds. The highest BCUT2D eigenvalue weighted by atomic mass is 16.5. The predicted molar refractivity (Wildman–Crippen MR) is 102 cm³/mol. The van der Waals surface area contributed by atoms with Crippen molar-refractivity contribution in [2.45, 2.75) is 32.0 Å². The van der Waals surface area contributed by atoms with Gasteiger partial charge in [-0.25, -0.2) is 0 Å². The van der Waals surface area contributed by atoms with E-state index in [-0.39, 0.29) is 0 Å². The first-order valence-corrected chi connectivity index (χ1v) is 9.04. The van der Waals surface area contributed by atoms with Crippen molar-refractivity contribution in [2.75, 3.05) is 47.1 Å². The Kier molecular flexibility index (Phi) is 8.72. The number of hydrogen-bond donors (Lipinski definition) is 2. The monoisotopic (exact) mass is 348 g/mol. The topological polar surface area (TPSA) is 58.1 Å². The summed E-state index contributed by atoms with van der Waals surface area (Å²) in [6, 6.07) is 11.6. The van der Waals surface area contributed by atoms with E-state index in [0.29, 0.717) is 31.9 Å². The van der Waals surface area contributed by atoms with Crippen molar-refractivity contribution in [1.29, 1.82) is 0 Å². The van der Waals surface area contributed by atoms with Crippen LogP contribution in [0, 0.1) is 0 Å². The van der Waals surface area contributed by atoms with Crippen molar-refractivity contribution in [3.8, 4) is 0 Å². The molecule has 1 aliphatic rings. The molecule has 1 saturated heterocycles. The molecule has 2 atom stereocenters. The first-order chi connectivity index (χ1) is 12.2. The van der Waals surface area contributed by atoms with E-state index in [1.165, 1.54) is 5.56 Å². The largest absolute Gasteiger partial charge is 0.382 e. The van der Waals surface area contributed by atoms with Crippen LogP contribution in [0.2, 0.25) is 0 Å². The van der Waals surface area contributed by atoms with Crippen molar-refractivity contribution < 1.29 is 9.47 Å². The van der Waals surface area contributed by atoms with Crippen LogP contribution < -0.4 is 10.6 Å². The highest BCUT2D eigenvalue weighted by molar-refractivity contribution is 5.80. The molecule has 2 unspecified atom stereocenters. The SMILES string of the molecule is CN=C(NCCOCCOC)NC1CC(C)N(Cc2ccccc2)C1. The Morgan fingerprint density at radius 1 is 1.24 bits per heavy atom. The highest BCUT2D eigenvalue weighted by Gasteiger charge is 2.29. The van der Waals surface area contributed by atoms with E-state index < -0.39 is 0 Å². The maximum Gasteiger partial charge on any atom is 0.191 e. The number of guanidine groups is 1. The Hall–Kier alpha value is -1.63. The lowest BCUT2D eigenvalue weighted by Crippen LogP contribution is -2.45. The van der Waals surface area contributed by atoms with Gasteiger partial charge in [0.15, 0.2) is 5.96 Å². The molecule has 0 aliphatic carbocycles. The van der Waals surface area contributed by atoms with Crippen molar-refractivity contribution in [3.63, 3.8) is 0 Å². The van der Waals surface area contributed by atoms with E-state index in [4.69, 9.17) is 9.47 Å². The third kappa shape index (κ3) is 7.02. The molecule has 0 aromatic heterocycles. The summed E-state index contributed by atoms with van der Waals surface area (Å²) < 4.78 is 10.4. The van der Waals surface area contributed by atoms with Gasteiger partial charge in [0.2, 0.25) is 0 Å². The standard InChI is InChI=1S/C19H32N4O2/c1-16-13-18(15-23(16)14-17-7-5-4-6-8-17)22-19(20-2)21-9-10-25-12-11-24-3/h4-8,16,18H,9-15H2,1-3H3,(H2,20,21,22). The second-order valence-corrected chi connectivity index (χ2v) is 6.45. The van der Waals surface area contributed by atoms with Crippen LogP contribution in [-0.4, -0.2) is 70.0 Å². The number of likely N-dealkylation sites (tertiary alicyclic amines) is 1. The van der Waals surface area contributed by atoms with E-state index in [2.05, 4.69) is 57.8 Å². The van der Waals surface area contributed by atoms with Crippen LogP contribution in [0.4, 0.5) is 0 Å². The zero-order valence-corrected chi connectivity index (χ0v) is 15.7. The number of benzene rings is 1. The van der Waals surface area contributed by atoms with Crippen molar-refractivity contribution in [1.82, 2.24) is 15.5 Å². The zero-order chi connectivity index (χ0) is 17.9. The summed E-state index contributed by atoms with van der Waals surface area (Å²) in [6.07, 6.45) is 1.12. The third-order valence-electron chi connectivity index (χ3n) is 4.47. The van der Waals surface area contributed by atoms with E-state index >= 15 is 0 Å². The van der Waals surface area contributed by atoms with E-state index in [9.17, 15) is 0 Å². The van der Waals surface area contributed by atoms with Gasteiger partial charge in [-0.2, -0.15) is 0 Å². The van der Waals surface area contributed by atoms with Crippen molar-refractivity contribution in [3.05, 3.63) is 35.9 Å².